The molecule has 1 atom stereocenters. The summed E-state index contributed by atoms with van der Waals surface area (Å²) in [5.74, 6) is 0.0873. The lowest BCUT2D eigenvalue weighted by atomic mass is 9.81. The summed E-state index contributed by atoms with van der Waals surface area (Å²) < 4.78 is 0. The summed E-state index contributed by atoms with van der Waals surface area (Å²) in [7, 11) is 0. The van der Waals surface area contributed by atoms with Crippen molar-refractivity contribution >= 4 is 23.3 Å². The highest BCUT2D eigenvalue weighted by Gasteiger charge is 2.30. The number of rotatable bonds is 6. The van der Waals surface area contributed by atoms with E-state index >= 15 is 0 Å². The van der Waals surface area contributed by atoms with E-state index in [-0.39, 0.29) is 35.5 Å². The standard InChI is InChI=1S/C20H28N2O3/c1-4-13(2)21-19(24)16-5-7-17(8-6-16)20(25)22-18-11-9-15(10-12-18)14(3)23/h9-13,16-17H,4-8H2,1-3H3,(H,21,24)(H,22,25). The molecule has 5 heteroatoms. The van der Waals surface area contributed by atoms with Crippen LogP contribution in [0.1, 0.15) is 63.2 Å². The number of ketones is 1. The van der Waals surface area contributed by atoms with Gasteiger partial charge in [-0.15, -0.1) is 0 Å². The van der Waals surface area contributed by atoms with E-state index in [4.69, 9.17) is 0 Å². The number of Topliss-reactive ketones (excluding diaryl/α,β-unsaturated/α-hetero) is 1. The van der Waals surface area contributed by atoms with E-state index in [9.17, 15) is 14.4 Å². The van der Waals surface area contributed by atoms with E-state index in [1.54, 1.807) is 24.3 Å². The van der Waals surface area contributed by atoms with Gasteiger partial charge in [0.25, 0.3) is 0 Å². The molecule has 1 aliphatic carbocycles. The van der Waals surface area contributed by atoms with Crippen molar-refractivity contribution in [3.63, 3.8) is 0 Å². The molecule has 25 heavy (non-hydrogen) atoms. The van der Waals surface area contributed by atoms with E-state index in [0.717, 1.165) is 32.1 Å². The number of anilines is 1. The number of carbonyl (C=O) groups excluding carboxylic acids is 3. The molecule has 1 saturated carbocycles. The van der Waals surface area contributed by atoms with Gasteiger partial charge in [0.1, 0.15) is 0 Å². The Morgan fingerprint density at radius 3 is 2.00 bits per heavy atom. The first kappa shape index (κ1) is 19.2. The molecule has 0 radical (unpaired) electrons. The van der Waals surface area contributed by atoms with Crippen LogP contribution in [0.4, 0.5) is 5.69 Å². The first-order valence-electron chi connectivity index (χ1n) is 9.13. The van der Waals surface area contributed by atoms with Crippen molar-refractivity contribution in [3.05, 3.63) is 29.8 Å². The second-order valence-corrected chi connectivity index (χ2v) is 6.99. The molecule has 0 aliphatic heterocycles. The quantitative estimate of drug-likeness (QED) is 0.775. The summed E-state index contributed by atoms with van der Waals surface area (Å²) in [5.41, 5.74) is 1.33. The van der Waals surface area contributed by atoms with E-state index < -0.39 is 0 Å². The summed E-state index contributed by atoms with van der Waals surface area (Å²) in [6.45, 7) is 5.58. The molecule has 1 fully saturated rings. The van der Waals surface area contributed by atoms with Crippen LogP contribution < -0.4 is 10.6 Å². The lowest BCUT2D eigenvalue weighted by Gasteiger charge is -2.28. The minimum Gasteiger partial charge on any atom is -0.353 e. The Hall–Kier alpha value is -2.17. The average molecular weight is 344 g/mol. The minimum absolute atomic E-state index is 0.00337. The third-order valence-corrected chi connectivity index (χ3v) is 5.03. The van der Waals surface area contributed by atoms with Crippen molar-refractivity contribution in [2.45, 2.75) is 58.9 Å². The fourth-order valence-electron chi connectivity index (χ4n) is 3.11. The zero-order valence-electron chi connectivity index (χ0n) is 15.3. The minimum atomic E-state index is -0.0554. The number of amides is 2. The third-order valence-electron chi connectivity index (χ3n) is 5.03. The molecule has 5 nitrogen and oxygen atoms in total. The van der Waals surface area contributed by atoms with Gasteiger partial charge in [-0.2, -0.15) is 0 Å². The van der Waals surface area contributed by atoms with Crippen LogP contribution in [0, 0.1) is 11.8 Å². The number of hydrogen-bond donors (Lipinski definition) is 2. The largest absolute Gasteiger partial charge is 0.353 e. The van der Waals surface area contributed by atoms with Crippen molar-refractivity contribution in [1.82, 2.24) is 5.32 Å². The molecular weight excluding hydrogens is 316 g/mol. The van der Waals surface area contributed by atoms with Crippen LogP contribution in [0.3, 0.4) is 0 Å². The maximum atomic E-state index is 12.4. The second kappa shape index (κ2) is 8.79. The van der Waals surface area contributed by atoms with Gasteiger partial charge in [-0.25, -0.2) is 0 Å². The Morgan fingerprint density at radius 2 is 1.52 bits per heavy atom. The summed E-state index contributed by atoms with van der Waals surface area (Å²) >= 11 is 0. The van der Waals surface area contributed by atoms with Gasteiger partial charge in [-0.05, 0) is 70.2 Å². The molecule has 0 heterocycles. The van der Waals surface area contributed by atoms with Crippen molar-refractivity contribution < 1.29 is 14.4 Å². The van der Waals surface area contributed by atoms with Crippen LogP contribution in [-0.4, -0.2) is 23.6 Å². The van der Waals surface area contributed by atoms with Crippen LogP contribution in [0.2, 0.25) is 0 Å². The highest BCUT2D eigenvalue weighted by Crippen LogP contribution is 2.30. The fraction of sp³-hybridized carbons (Fsp3) is 0.550. The zero-order valence-corrected chi connectivity index (χ0v) is 15.3. The summed E-state index contributed by atoms with van der Waals surface area (Å²) in [4.78, 5) is 35.9. The number of nitrogens with one attached hydrogen (secondary N) is 2. The number of carbonyl (C=O) groups is 3. The van der Waals surface area contributed by atoms with Gasteiger partial charge in [0.15, 0.2) is 5.78 Å². The van der Waals surface area contributed by atoms with Crippen LogP contribution in [-0.2, 0) is 9.59 Å². The molecule has 0 aromatic heterocycles. The van der Waals surface area contributed by atoms with Gasteiger partial charge in [0, 0.05) is 29.1 Å². The van der Waals surface area contributed by atoms with Crippen LogP contribution >= 0.6 is 0 Å². The number of hydrogen-bond acceptors (Lipinski definition) is 3. The normalized spacial score (nSPS) is 21.2. The van der Waals surface area contributed by atoms with Crippen molar-refractivity contribution in [2.75, 3.05) is 5.32 Å². The van der Waals surface area contributed by atoms with Gasteiger partial charge < -0.3 is 10.6 Å². The molecule has 2 amide bonds. The molecule has 1 unspecified atom stereocenters. The van der Waals surface area contributed by atoms with Gasteiger partial charge in [0.2, 0.25) is 11.8 Å². The summed E-state index contributed by atoms with van der Waals surface area (Å²) in [6, 6.07) is 7.13. The van der Waals surface area contributed by atoms with E-state index in [1.807, 2.05) is 6.92 Å². The topological polar surface area (TPSA) is 75.3 Å². The molecule has 1 aliphatic rings. The highest BCUT2D eigenvalue weighted by molar-refractivity contribution is 5.96. The molecule has 2 rings (SSSR count). The monoisotopic (exact) mass is 344 g/mol. The molecule has 0 spiro atoms. The molecular formula is C20H28N2O3. The molecule has 2 N–H and O–H groups in total. The Bertz CT molecular complexity index is 616. The van der Waals surface area contributed by atoms with Gasteiger partial charge in [-0.3, -0.25) is 14.4 Å². The summed E-state index contributed by atoms with van der Waals surface area (Å²) in [5, 5.41) is 5.94. The summed E-state index contributed by atoms with van der Waals surface area (Å²) in [6.07, 6.45) is 3.89. The van der Waals surface area contributed by atoms with Crippen LogP contribution in [0.15, 0.2) is 24.3 Å². The third kappa shape index (κ3) is 5.41. The highest BCUT2D eigenvalue weighted by atomic mass is 16.2. The van der Waals surface area contributed by atoms with Gasteiger partial charge >= 0.3 is 0 Å². The predicted molar refractivity (Wildman–Crippen MR) is 98.4 cm³/mol. The van der Waals surface area contributed by atoms with E-state index in [0.29, 0.717) is 11.3 Å². The van der Waals surface area contributed by atoms with Crippen LogP contribution in [0.5, 0.6) is 0 Å². The fourth-order valence-corrected chi connectivity index (χ4v) is 3.11. The Balaban J connectivity index is 1.82. The lowest BCUT2D eigenvalue weighted by molar-refractivity contribution is -0.129. The zero-order chi connectivity index (χ0) is 18.4. The van der Waals surface area contributed by atoms with Crippen molar-refractivity contribution in [3.8, 4) is 0 Å². The molecule has 0 saturated heterocycles. The van der Waals surface area contributed by atoms with E-state index in [2.05, 4.69) is 17.6 Å². The van der Waals surface area contributed by atoms with Gasteiger partial charge in [-0.1, -0.05) is 6.92 Å². The van der Waals surface area contributed by atoms with Crippen LogP contribution in [0.25, 0.3) is 0 Å². The lowest BCUT2D eigenvalue weighted by Crippen LogP contribution is -2.39. The first-order chi connectivity index (χ1) is 11.9. The van der Waals surface area contributed by atoms with Crippen molar-refractivity contribution in [2.24, 2.45) is 11.8 Å². The maximum Gasteiger partial charge on any atom is 0.227 e. The second-order valence-electron chi connectivity index (χ2n) is 6.99. The van der Waals surface area contributed by atoms with E-state index in [1.165, 1.54) is 6.92 Å². The molecule has 1 aromatic rings. The predicted octanol–water partition coefficient (Wildman–Crippen LogP) is 3.55. The smallest absolute Gasteiger partial charge is 0.227 e. The van der Waals surface area contributed by atoms with Crippen molar-refractivity contribution in [1.29, 1.82) is 0 Å². The Labute approximate surface area is 149 Å². The van der Waals surface area contributed by atoms with Gasteiger partial charge in [0.05, 0.1) is 0 Å². The number of benzene rings is 1. The Kier molecular flexibility index (Phi) is 6.73. The average Bonchev–Trinajstić information content (AvgIpc) is 2.62. The SMILES string of the molecule is CCC(C)NC(=O)C1CCC(C(=O)Nc2ccc(C(C)=O)cc2)CC1. The Morgan fingerprint density at radius 1 is 1.00 bits per heavy atom. The maximum absolute atomic E-state index is 12.4. The first-order valence-corrected chi connectivity index (χ1v) is 9.13. The molecule has 0 bridgehead atoms. The molecule has 1 aromatic carbocycles. The molecule has 136 valence electrons.